The van der Waals surface area contributed by atoms with E-state index in [0.29, 0.717) is 42.8 Å². The van der Waals surface area contributed by atoms with Crippen molar-refractivity contribution >= 4 is 23.4 Å². The normalized spacial score (nSPS) is 12.4. The highest BCUT2D eigenvalue weighted by molar-refractivity contribution is 6.31. The summed E-state index contributed by atoms with van der Waals surface area (Å²) in [5.74, 6) is 0.710. The van der Waals surface area contributed by atoms with Crippen LogP contribution in [-0.2, 0) is 11.3 Å². The van der Waals surface area contributed by atoms with Crippen LogP contribution in [0.5, 0.6) is 17.2 Å². The van der Waals surface area contributed by atoms with Crippen LogP contribution in [0.2, 0.25) is 5.02 Å². The van der Waals surface area contributed by atoms with Gasteiger partial charge in [-0.1, -0.05) is 17.7 Å². The average Bonchev–Trinajstić information content (AvgIpc) is 2.70. The first-order chi connectivity index (χ1) is 13.5. The van der Waals surface area contributed by atoms with Gasteiger partial charge in [-0.2, -0.15) is 0 Å². The molecular formula is C20H21ClN2O5. The Morgan fingerprint density at radius 2 is 1.89 bits per heavy atom. The molecule has 0 saturated heterocycles. The van der Waals surface area contributed by atoms with Crippen LogP contribution >= 0.6 is 11.6 Å². The van der Waals surface area contributed by atoms with Crippen molar-refractivity contribution in [3.63, 3.8) is 0 Å². The van der Waals surface area contributed by atoms with E-state index in [9.17, 15) is 9.59 Å². The highest BCUT2D eigenvalue weighted by Gasteiger charge is 2.18. The average molecular weight is 405 g/mol. The molecule has 0 bridgehead atoms. The lowest BCUT2D eigenvalue weighted by atomic mass is 10.1. The molecule has 0 spiro atoms. The van der Waals surface area contributed by atoms with Crippen molar-refractivity contribution in [3.05, 3.63) is 52.5 Å². The van der Waals surface area contributed by atoms with Gasteiger partial charge in [0, 0.05) is 18.1 Å². The van der Waals surface area contributed by atoms with Gasteiger partial charge in [0.2, 0.25) is 0 Å². The van der Waals surface area contributed by atoms with Crippen molar-refractivity contribution < 1.29 is 23.8 Å². The topological polar surface area (TPSA) is 91.1 Å². The van der Waals surface area contributed by atoms with Gasteiger partial charge in [-0.05, 0) is 42.8 Å². The fraction of sp³-hybridized carbons (Fsp3) is 0.300. The molecule has 148 valence electrons. The van der Waals surface area contributed by atoms with Crippen molar-refractivity contribution in [3.8, 4) is 17.2 Å². The molecule has 2 aromatic carbocycles. The second-order valence-corrected chi connectivity index (χ2v) is 6.62. The molecule has 0 radical (unpaired) electrons. The third kappa shape index (κ3) is 4.67. The summed E-state index contributed by atoms with van der Waals surface area (Å²) < 4.78 is 16.6. The van der Waals surface area contributed by atoms with Gasteiger partial charge in [0.25, 0.3) is 11.8 Å². The van der Waals surface area contributed by atoms with Crippen LogP contribution in [0.3, 0.4) is 0 Å². The predicted octanol–water partition coefficient (Wildman–Crippen LogP) is 2.64. The summed E-state index contributed by atoms with van der Waals surface area (Å²) in [6.45, 7) is 3.59. The molecule has 1 aliphatic rings. The van der Waals surface area contributed by atoms with E-state index in [0.717, 1.165) is 5.56 Å². The number of primary amides is 1. The zero-order valence-electron chi connectivity index (χ0n) is 15.4. The molecule has 0 unspecified atom stereocenters. The molecule has 1 aliphatic heterocycles. The number of carbonyl (C=O) groups excluding carboxylic acids is 2. The van der Waals surface area contributed by atoms with E-state index < -0.39 is 5.91 Å². The molecule has 1 heterocycles. The Bertz CT molecular complexity index is 887. The predicted molar refractivity (Wildman–Crippen MR) is 104 cm³/mol. The minimum atomic E-state index is -0.673. The number of fused-ring (bicyclic) bond motifs is 1. The van der Waals surface area contributed by atoms with Gasteiger partial charge in [0.15, 0.2) is 18.1 Å². The van der Waals surface area contributed by atoms with Gasteiger partial charge >= 0.3 is 0 Å². The molecular weight excluding hydrogens is 384 g/mol. The number of ether oxygens (including phenoxy) is 3. The summed E-state index contributed by atoms with van der Waals surface area (Å²) in [6.07, 6.45) is 0. The third-order valence-corrected chi connectivity index (χ3v) is 4.51. The Kier molecular flexibility index (Phi) is 6.26. The van der Waals surface area contributed by atoms with Gasteiger partial charge < -0.3 is 24.8 Å². The molecule has 28 heavy (non-hydrogen) atoms. The number of likely N-dealkylation sites (N-methyl/N-ethyl adjacent to an activating group) is 1. The third-order valence-electron chi connectivity index (χ3n) is 4.27. The number of benzene rings is 2. The Balaban J connectivity index is 1.65. The standard InChI is InChI=1S/C20H21ClN2O5/c1-2-23(11-13-3-5-17-18(9-13)27-8-7-26-17)19(24)12-28-16-6-4-14(21)10-15(16)20(22)25/h3-6,9-10H,2,7-8,11-12H2,1H3,(H2,22,25). The minimum Gasteiger partial charge on any atom is -0.486 e. The van der Waals surface area contributed by atoms with Crippen LogP contribution in [-0.4, -0.2) is 43.1 Å². The van der Waals surface area contributed by atoms with E-state index in [1.54, 1.807) is 11.0 Å². The Morgan fingerprint density at radius 1 is 1.14 bits per heavy atom. The fourth-order valence-corrected chi connectivity index (χ4v) is 3.01. The van der Waals surface area contributed by atoms with Crippen molar-refractivity contribution in [1.82, 2.24) is 4.90 Å². The lowest BCUT2D eigenvalue weighted by Gasteiger charge is -2.23. The fourth-order valence-electron chi connectivity index (χ4n) is 2.83. The molecule has 7 nitrogen and oxygen atoms in total. The van der Waals surface area contributed by atoms with Crippen LogP contribution in [0.15, 0.2) is 36.4 Å². The van der Waals surface area contributed by atoms with Crippen molar-refractivity contribution in [1.29, 1.82) is 0 Å². The number of halogens is 1. The van der Waals surface area contributed by atoms with Gasteiger partial charge in [-0.3, -0.25) is 9.59 Å². The van der Waals surface area contributed by atoms with Gasteiger partial charge in [-0.15, -0.1) is 0 Å². The number of nitrogens with two attached hydrogens (primary N) is 1. The number of hydrogen-bond donors (Lipinski definition) is 1. The van der Waals surface area contributed by atoms with Crippen molar-refractivity contribution in [2.75, 3.05) is 26.4 Å². The molecule has 0 fully saturated rings. The first-order valence-electron chi connectivity index (χ1n) is 8.86. The largest absolute Gasteiger partial charge is 0.486 e. The summed E-state index contributed by atoms with van der Waals surface area (Å²) in [4.78, 5) is 25.8. The number of rotatable bonds is 7. The molecule has 0 aliphatic carbocycles. The quantitative estimate of drug-likeness (QED) is 0.766. The summed E-state index contributed by atoms with van der Waals surface area (Å²) in [7, 11) is 0. The molecule has 2 amide bonds. The Hall–Kier alpha value is -2.93. The summed E-state index contributed by atoms with van der Waals surface area (Å²) in [5.41, 5.74) is 6.39. The lowest BCUT2D eigenvalue weighted by molar-refractivity contribution is -0.133. The van der Waals surface area contributed by atoms with Crippen LogP contribution in [0, 0.1) is 0 Å². The van der Waals surface area contributed by atoms with E-state index in [1.165, 1.54) is 12.1 Å². The van der Waals surface area contributed by atoms with E-state index in [1.807, 2.05) is 25.1 Å². The van der Waals surface area contributed by atoms with E-state index in [-0.39, 0.29) is 23.8 Å². The van der Waals surface area contributed by atoms with Gasteiger partial charge in [-0.25, -0.2) is 0 Å². The lowest BCUT2D eigenvalue weighted by Crippen LogP contribution is -2.34. The maximum Gasteiger partial charge on any atom is 0.260 e. The Labute approximate surface area is 167 Å². The zero-order chi connectivity index (χ0) is 20.1. The second kappa shape index (κ2) is 8.84. The second-order valence-electron chi connectivity index (χ2n) is 6.18. The minimum absolute atomic E-state index is 0.134. The highest BCUT2D eigenvalue weighted by atomic mass is 35.5. The van der Waals surface area contributed by atoms with Crippen molar-refractivity contribution in [2.24, 2.45) is 5.73 Å². The van der Waals surface area contributed by atoms with Crippen molar-refractivity contribution in [2.45, 2.75) is 13.5 Å². The van der Waals surface area contributed by atoms with E-state index in [2.05, 4.69) is 0 Å². The summed E-state index contributed by atoms with van der Waals surface area (Å²) in [5, 5.41) is 0.362. The molecule has 8 heteroatoms. The summed E-state index contributed by atoms with van der Waals surface area (Å²) >= 11 is 5.88. The smallest absolute Gasteiger partial charge is 0.260 e. The monoisotopic (exact) mass is 404 g/mol. The zero-order valence-corrected chi connectivity index (χ0v) is 16.2. The maximum absolute atomic E-state index is 12.6. The number of hydrogen-bond acceptors (Lipinski definition) is 5. The highest BCUT2D eigenvalue weighted by Crippen LogP contribution is 2.31. The van der Waals surface area contributed by atoms with E-state index >= 15 is 0 Å². The number of carbonyl (C=O) groups is 2. The number of nitrogens with zero attached hydrogens (tertiary/aromatic N) is 1. The van der Waals surface area contributed by atoms with Gasteiger partial charge in [0.05, 0.1) is 5.56 Å². The first kappa shape index (κ1) is 19.8. The molecule has 3 rings (SSSR count). The molecule has 0 atom stereocenters. The summed E-state index contributed by atoms with van der Waals surface area (Å²) in [6, 6.07) is 10.1. The van der Waals surface area contributed by atoms with Crippen LogP contribution in [0.1, 0.15) is 22.8 Å². The Morgan fingerprint density at radius 3 is 2.61 bits per heavy atom. The SMILES string of the molecule is CCN(Cc1ccc2c(c1)OCCO2)C(=O)COc1ccc(Cl)cc1C(N)=O. The maximum atomic E-state index is 12.6. The molecule has 2 N–H and O–H groups in total. The molecule has 0 saturated carbocycles. The van der Waals surface area contributed by atoms with E-state index in [4.69, 9.17) is 31.5 Å². The van der Waals surface area contributed by atoms with Gasteiger partial charge in [0.1, 0.15) is 19.0 Å². The first-order valence-corrected chi connectivity index (χ1v) is 9.24. The van der Waals surface area contributed by atoms with Crippen LogP contribution in [0.25, 0.3) is 0 Å². The van der Waals surface area contributed by atoms with Crippen LogP contribution < -0.4 is 19.9 Å². The molecule has 0 aromatic heterocycles. The number of amides is 2. The molecule has 2 aromatic rings. The van der Waals surface area contributed by atoms with Crippen LogP contribution in [0.4, 0.5) is 0 Å².